The van der Waals surface area contributed by atoms with E-state index in [1.165, 1.54) is 18.2 Å². The number of alkyl halides is 2. The summed E-state index contributed by atoms with van der Waals surface area (Å²) < 4.78 is 34.9. The fourth-order valence-electron chi connectivity index (χ4n) is 3.20. The summed E-state index contributed by atoms with van der Waals surface area (Å²) in [5.41, 5.74) is 0.391. The van der Waals surface area contributed by atoms with Crippen molar-refractivity contribution in [3.8, 4) is 11.5 Å². The molecule has 9 heteroatoms. The maximum Gasteiger partial charge on any atom is 0.586 e. The van der Waals surface area contributed by atoms with Crippen molar-refractivity contribution in [3.05, 3.63) is 41.6 Å². The molecule has 1 N–H and O–H groups in total. The topological polar surface area (TPSA) is 63.7 Å². The van der Waals surface area contributed by atoms with Crippen molar-refractivity contribution < 1.29 is 23.0 Å². The van der Waals surface area contributed by atoms with Crippen LogP contribution in [0.5, 0.6) is 11.5 Å². The number of hydrogen-bond acceptors (Lipinski definition) is 5. The molecule has 2 aromatic rings. The average Bonchev–Trinajstić information content (AvgIpc) is 2.95. The Bertz CT molecular complexity index is 855. The summed E-state index contributed by atoms with van der Waals surface area (Å²) in [6, 6.07) is 7.83. The molecule has 142 valence electrons. The predicted molar refractivity (Wildman–Crippen MR) is 95.5 cm³/mol. The van der Waals surface area contributed by atoms with E-state index in [0.717, 1.165) is 5.82 Å². The van der Waals surface area contributed by atoms with Gasteiger partial charge in [0.05, 0.1) is 5.02 Å². The minimum atomic E-state index is -3.67. The molecule has 1 amide bonds. The molecule has 0 saturated carbocycles. The normalized spacial score (nSPS) is 18.4. The molecule has 0 aliphatic carbocycles. The zero-order valence-corrected chi connectivity index (χ0v) is 14.9. The van der Waals surface area contributed by atoms with Crippen LogP contribution in [0.25, 0.3) is 0 Å². The summed E-state index contributed by atoms with van der Waals surface area (Å²) >= 11 is 5.85. The lowest BCUT2D eigenvalue weighted by atomic mass is 9.95. The first-order chi connectivity index (χ1) is 12.9. The van der Waals surface area contributed by atoms with Crippen LogP contribution < -0.4 is 19.7 Å². The standard InChI is InChI=1S/C18H16ClF2N3O3/c19-12-1-4-16(22-10-12)24-7-5-11(6-8-24)17(25)23-13-2-3-14-15(9-13)27-18(20,21)26-14/h1-4,9-11H,5-8H2,(H,23,25). The second kappa shape index (κ2) is 6.84. The largest absolute Gasteiger partial charge is 0.586 e. The average molecular weight is 396 g/mol. The van der Waals surface area contributed by atoms with E-state index in [0.29, 0.717) is 36.6 Å². The number of nitrogens with one attached hydrogen (secondary N) is 1. The van der Waals surface area contributed by atoms with Crippen molar-refractivity contribution >= 4 is 29.0 Å². The van der Waals surface area contributed by atoms with E-state index in [4.69, 9.17) is 11.6 Å². The number of carbonyl (C=O) groups excluding carboxylic acids is 1. The Balaban J connectivity index is 1.34. The van der Waals surface area contributed by atoms with Gasteiger partial charge in [-0.1, -0.05) is 11.6 Å². The molecule has 0 spiro atoms. The van der Waals surface area contributed by atoms with Crippen molar-refractivity contribution in [2.45, 2.75) is 19.1 Å². The van der Waals surface area contributed by atoms with E-state index in [9.17, 15) is 13.6 Å². The fraction of sp³-hybridized carbons (Fsp3) is 0.333. The molecule has 1 aromatic carbocycles. The van der Waals surface area contributed by atoms with Gasteiger partial charge in [0.2, 0.25) is 5.91 Å². The van der Waals surface area contributed by atoms with Crippen LogP contribution in [0.15, 0.2) is 36.5 Å². The Hall–Kier alpha value is -2.61. The summed E-state index contributed by atoms with van der Waals surface area (Å²) in [5, 5.41) is 3.34. The quantitative estimate of drug-likeness (QED) is 0.853. The first-order valence-corrected chi connectivity index (χ1v) is 8.85. The highest BCUT2D eigenvalue weighted by molar-refractivity contribution is 6.30. The molecule has 1 aromatic heterocycles. The Morgan fingerprint density at radius 2 is 1.93 bits per heavy atom. The van der Waals surface area contributed by atoms with Crippen LogP contribution in [0, 0.1) is 5.92 Å². The second-order valence-corrected chi connectivity index (χ2v) is 6.85. The minimum Gasteiger partial charge on any atom is -0.395 e. The first-order valence-electron chi connectivity index (χ1n) is 8.47. The molecule has 3 heterocycles. The monoisotopic (exact) mass is 395 g/mol. The predicted octanol–water partition coefficient (Wildman–Crippen LogP) is 3.91. The Labute approximate surface area is 159 Å². The Morgan fingerprint density at radius 3 is 2.63 bits per heavy atom. The van der Waals surface area contributed by atoms with Gasteiger partial charge in [-0.2, -0.15) is 0 Å². The van der Waals surface area contributed by atoms with Crippen LogP contribution in [0.1, 0.15) is 12.8 Å². The maximum atomic E-state index is 13.1. The van der Waals surface area contributed by atoms with Crippen molar-refractivity contribution in [2.75, 3.05) is 23.3 Å². The second-order valence-electron chi connectivity index (χ2n) is 6.41. The van der Waals surface area contributed by atoms with Gasteiger partial charge in [-0.05, 0) is 37.1 Å². The number of rotatable bonds is 3. The number of halogens is 3. The number of fused-ring (bicyclic) bond motifs is 1. The van der Waals surface area contributed by atoms with Crippen molar-refractivity contribution in [1.29, 1.82) is 0 Å². The van der Waals surface area contributed by atoms with E-state index < -0.39 is 6.29 Å². The number of benzene rings is 1. The number of nitrogens with zero attached hydrogens (tertiary/aromatic N) is 2. The Kier molecular flexibility index (Phi) is 4.51. The van der Waals surface area contributed by atoms with Crippen LogP contribution in [0.2, 0.25) is 5.02 Å². The number of aromatic nitrogens is 1. The molecule has 0 radical (unpaired) electrons. The molecule has 2 aliphatic rings. The third-order valence-corrected chi connectivity index (χ3v) is 4.79. The molecule has 6 nitrogen and oxygen atoms in total. The number of ether oxygens (including phenoxy) is 2. The summed E-state index contributed by atoms with van der Waals surface area (Å²) in [5.74, 6) is 0.364. The van der Waals surface area contributed by atoms with Crippen LogP contribution in [0.3, 0.4) is 0 Å². The lowest BCUT2D eigenvalue weighted by Crippen LogP contribution is -2.38. The molecular formula is C18H16ClF2N3O3. The lowest BCUT2D eigenvalue weighted by Gasteiger charge is -2.32. The SMILES string of the molecule is O=C(Nc1ccc2c(c1)OC(F)(F)O2)C1CCN(c2ccc(Cl)cn2)CC1. The van der Waals surface area contributed by atoms with Gasteiger partial charge in [-0.3, -0.25) is 4.79 Å². The van der Waals surface area contributed by atoms with Crippen LogP contribution in [-0.2, 0) is 4.79 Å². The van der Waals surface area contributed by atoms with Crippen molar-refractivity contribution in [2.24, 2.45) is 5.92 Å². The number of amides is 1. The van der Waals surface area contributed by atoms with E-state index in [-0.39, 0.29) is 23.3 Å². The minimum absolute atomic E-state index is 0.0539. The third-order valence-electron chi connectivity index (χ3n) is 4.57. The van der Waals surface area contributed by atoms with E-state index in [2.05, 4.69) is 24.7 Å². The van der Waals surface area contributed by atoms with Crippen LogP contribution in [-0.4, -0.2) is 30.3 Å². The molecule has 0 atom stereocenters. The number of carbonyl (C=O) groups is 1. The molecule has 1 fully saturated rings. The highest BCUT2D eigenvalue weighted by Crippen LogP contribution is 2.42. The first kappa shape index (κ1) is 17.8. The van der Waals surface area contributed by atoms with E-state index >= 15 is 0 Å². The summed E-state index contributed by atoms with van der Waals surface area (Å²) in [4.78, 5) is 18.9. The van der Waals surface area contributed by atoms with Gasteiger partial charge in [0.15, 0.2) is 11.5 Å². The fourth-order valence-corrected chi connectivity index (χ4v) is 3.31. The van der Waals surface area contributed by atoms with Gasteiger partial charge in [0.25, 0.3) is 0 Å². The van der Waals surface area contributed by atoms with Gasteiger partial charge < -0.3 is 19.7 Å². The number of piperidine rings is 1. The molecule has 0 bridgehead atoms. The van der Waals surface area contributed by atoms with Gasteiger partial charge in [-0.15, -0.1) is 8.78 Å². The highest BCUT2D eigenvalue weighted by Gasteiger charge is 2.43. The zero-order valence-electron chi connectivity index (χ0n) is 14.1. The van der Waals surface area contributed by atoms with Crippen LogP contribution >= 0.6 is 11.6 Å². The van der Waals surface area contributed by atoms with Crippen molar-refractivity contribution in [1.82, 2.24) is 4.98 Å². The molecule has 1 saturated heterocycles. The smallest absolute Gasteiger partial charge is 0.395 e. The van der Waals surface area contributed by atoms with Gasteiger partial charge in [0.1, 0.15) is 5.82 Å². The zero-order chi connectivity index (χ0) is 19.0. The number of hydrogen-bond donors (Lipinski definition) is 1. The van der Waals surface area contributed by atoms with Crippen LogP contribution in [0.4, 0.5) is 20.3 Å². The highest BCUT2D eigenvalue weighted by atomic mass is 35.5. The Morgan fingerprint density at radius 1 is 1.19 bits per heavy atom. The lowest BCUT2D eigenvalue weighted by molar-refractivity contribution is -0.286. The van der Waals surface area contributed by atoms with Gasteiger partial charge in [-0.25, -0.2) is 4.98 Å². The third kappa shape index (κ3) is 3.90. The van der Waals surface area contributed by atoms with Crippen molar-refractivity contribution in [3.63, 3.8) is 0 Å². The molecular weight excluding hydrogens is 380 g/mol. The summed E-state index contributed by atoms with van der Waals surface area (Å²) in [7, 11) is 0. The summed E-state index contributed by atoms with van der Waals surface area (Å²) in [6.45, 7) is 1.39. The van der Waals surface area contributed by atoms with Gasteiger partial charge in [0, 0.05) is 37.0 Å². The number of anilines is 2. The molecule has 4 rings (SSSR count). The van der Waals surface area contributed by atoms with E-state index in [1.54, 1.807) is 12.3 Å². The molecule has 0 unspecified atom stereocenters. The van der Waals surface area contributed by atoms with E-state index in [1.807, 2.05) is 6.07 Å². The molecule has 2 aliphatic heterocycles. The number of pyridine rings is 1. The summed E-state index contributed by atoms with van der Waals surface area (Å²) in [6.07, 6.45) is -0.746. The maximum absolute atomic E-state index is 13.1. The van der Waals surface area contributed by atoms with Gasteiger partial charge >= 0.3 is 6.29 Å². The molecule has 27 heavy (non-hydrogen) atoms.